The molecule has 0 atom stereocenters. The summed E-state index contributed by atoms with van der Waals surface area (Å²) >= 11 is 5.89. The molecule has 1 amide bonds. The van der Waals surface area contributed by atoms with E-state index in [1.807, 2.05) is 61.5 Å². The van der Waals surface area contributed by atoms with Gasteiger partial charge in [-0.25, -0.2) is 0 Å². The molecule has 0 saturated heterocycles. The number of benzene rings is 2. The molecule has 4 heteroatoms. The highest BCUT2D eigenvalue weighted by atomic mass is 35.5. The van der Waals surface area contributed by atoms with Crippen LogP contribution in [0.15, 0.2) is 66.9 Å². The summed E-state index contributed by atoms with van der Waals surface area (Å²) < 4.78 is 0. The van der Waals surface area contributed by atoms with Crippen LogP contribution in [0.5, 0.6) is 0 Å². The standard InChI is InChI=1S/C19H15ClN2O/c1-13-6-2-3-7-15(13)19(23)22-18-9-5-4-8-16(18)17-11-10-14(20)12-21-17/h2-12H,1H3,(H,22,23). The van der Waals surface area contributed by atoms with E-state index in [2.05, 4.69) is 10.3 Å². The Bertz CT molecular complexity index is 844. The number of hydrogen-bond donors (Lipinski definition) is 1. The van der Waals surface area contributed by atoms with Crippen LogP contribution < -0.4 is 5.32 Å². The number of carbonyl (C=O) groups excluding carboxylic acids is 1. The molecule has 0 fully saturated rings. The number of nitrogens with one attached hydrogen (secondary N) is 1. The van der Waals surface area contributed by atoms with Crippen LogP contribution in [0.4, 0.5) is 5.69 Å². The molecule has 0 unspecified atom stereocenters. The lowest BCUT2D eigenvalue weighted by molar-refractivity contribution is 0.102. The van der Waals surface area contributed by atoms with Gasteiger partial charge in [0.1, 0.15) is 0 Å². The molecule has 0 aliphatic carbocycles. The SMILES string of the molecule is Cc1ccccc1C(=O)Nc1ccccc1-c1ccc(Cl)cn1. The minimum absolute atomic E-state index is 0.135. The number of para-hydroxylation sites is 1. The quantitative estimate of drug-likeness (QED) is 0.740. The van der Waals surface area contributed by atoms with Crippen molar-refractivity contribution in [2.75, 3.05) is 5.32 Å². The van der Waals surface area contributed by atoms with Gasteiger partial charge in [-0.1, -0.05) is 48.0 Å². The normalized spacial score (nSPS) is 10.3. The number of amides is 1. The van der Waals surface area contributed by atoms with Gasteiger partial charge in [0.15, 0.2) is 0 Å². The number of halogens is 1. The molecule has 0 bridgehead atoms. The lowest BCUT2D eigenvalue weighted by Gasteiger charge is -2.12. The average Bonchev–Trinajstić information content (AvgIpc) is 2.56. The lowest BCUT2D eigenvalue weighted by Crippen LogP contribution is -2.14. The molecule has 0 saturated carbocycles. The average molecular weight is 323 g/mol. The topological polar surface area (TPSA) is 42.0 Å². The van der Waals surface area contributed by atoms with E-state index in [0.29, 0.717) is 10.6 Å². The second-order valence-electron chi connectivity index (χ2n) is 5.18. The van der Waals surface area contributed by atoms with Crippen molar-refractivity contribution in [3.63, 3.8) is 0 Å². The van der Waals surface area contributed by atoms with Crippen molar-refractivity contribution in [3.8, 4) is 11.3 Å². The maximum atomic E-state index is 12.5. The zero-order valence-electron chi connectivity index (χ0n) is 12.6. The first-order valence-electron chi connectivity index (χ1n) is 7.23. The van der Waals surface area contributed by atoms with Crippen LogP contribution in [0.2, 0.25) is 5.02 Å². The Hall–Kier alpha value is -2.65. The molecule has 3 nitrogen and oxygen atoms in total. The number of aromatic nitrogens is 1. The van der Waals surface area contributed by atoms with Crippen molar-refractivity contribution in [3.05, 3.63) is 83.0 Å². The van der Waals surface area contributed by atoms with Crippen LogP contribution in [-0.2, 0) is 0 Å². The summed E-state index contributed by atoms with van der Waals surface area (Å²) in [6, 6.07) is 18.7. The molecular formula is C19H15ClN2O. The Morgan fingerprint density at radius 3 is 2.48 bits per heavy atom. The van der Waals surface area contributed by atoms with Crippen LogP contribution in [0.25, 0.3) is 11.3 Å². The number of hydrogen-bond acceptors (Lipinski definition) is 2. The summed E-state index contributed by atoms with van der Waals surface area (Å²) in [5, 5.41) is 3.55. The number of nitrogens with zero attached hydrogens (tertiary/aromatic N) is 1. The molecule has 1 N–H and O–H groups in total. The van der Waals surface area contributed by atoms with E-state index in [1.54, 1.807) is 12.3 Å². The van der Waals surface area contributed by atoms with Crippen LogP contribution in [-0.4, -0.2) is 10.9 Å². The summed E-state index contributed by atoms with van der Waals surface area (Å²) in [7, 11) is 0. The van der Waals surface area contributed by atoms with E-state index in [0.717, 1.165) is 22.5 Å². The maximum absolute atomic E-state index is 12.5. The highest BCUT2D eigenvalue weighted by Crippen LogP contribution is 2.27. The fourth-order valence-corrected chi connectivity index (χ4v) is 2.48. The Labute approximate surface area is 140 Å². The molecule has 1 aromatic heterocycles. The van der Waals surface area contributed by atoms with E-state index in [-0.39, 0.29) is 5.91 Å². The number of pyridine rings is 1. The first kappa shape index (κ1) is 15.3. The van der Waals surface area contributed by atoms with Crippen LogP contribution in [0.3, 0.4) is 0 Å². The second-order valence-corrected chi connectivity index (χ2v) is 5.61. The van der Waals surface area contributed by atoms with Crippen LogP contribution in [0.1, 0.15) is 15.9 Å². The predicted octanol–water partition coefficient (Wildman–Crippen LogP) is 4.96. The third-order valence-corrected chi connectivity index (χ3v) is 3.79. The van der Waals surface area contributed by atoms with E-state index in [4.69, 9.17) is 11.6 Å². The Kier molecular flexibility index (Phi) is 4.40. The second kappa shape index (κ2) is 6.63. The predicted molar refractivity (Wildman–Crippen MR) is 93.8 cm³/mol. The van der Waals surface area contributed by atoms with Crippen molar-refractivity contribution < 1.29 is 4.79 Å². The van der Waals surface area contributed by atoms with Gasteiger partial charge < -0.3 is 5.32 Å². The van der Waals surface area contributed by atoms with Gasteiger partial charge in [0, 0.05) is 17.3 Å². The highest BCUT2D eigenvalue weighted by molar-refractivity contribution is 6.30. The molecular weight excluding hydrogens is 308 g/mol. The van der Waals surface area contributed by atoms with Gasteiger partial charge in [-0.05, 0) is 36.8 Å². The third-order valence-electron chi connectivity index (χ3n) is 3.57. The van der Waals surface area contributed by atoms with E-state index < -0.39 is 0 Å². The first-order chi connectivity index (χ1) is 11.1. The third kappa shape index (κ3) is 3.41. The van der Waals surface area contributed by atoms with Gasteiger partial charge in [0.05, 0.1) is 16.4 Å². The van der Waals surface area contributed by atoms with Crippen molar-refractivity contribution >= 4 is 23.2 Å². The van der Waals surface area contributed by atoms with Gasteiger partial charge in [-0.15, -0.1) is 0 Å². The number of anilines is 1. The highest BCUT2D eigenvalue weighted by Gasteiger charge is 2.12. The van der Waals surface area contributed by atoms with Crippen molar-refractivity contribution in [1.82, 2.24) is 4.98 Å². The maximum Gasteiger partial charge on any atom is 0.255 e. The van der Waals surface area contributed by atoms with Gasteiger partial charge in [0.2, 0.25) is 0 Å². The Morgan fingerprint density at radius 2 is 1.74 bits per heavy atom. The fraction of sp³-hybridized carbons (Fsp3) is 0.0526. The molecule has 3 aromatic rings. The molecule has 0 aliphatic rings. The van der Waals surface area contributed by atoms with Crippen LogP contribution in [0, 0.1) is 6.92 Å². The van der Waals surface area contributed by atoms with E-state index in [9.17, 15) is 4.79 Å². The van der Waals surface area contributed by atoms with Crippen molar-refractivity contribution in [1.29, 1.82) is 0 Å². The van der Waals surface area contributed by atoms with Crippen LogP contribution >= 0.6 is 11.6 Å². The van der Waals surface area contributed by atoms with Gasteiger partial charge >= 0.3 is 0 Å². The summed E-state index contributed by atoms with van der Waals surface area (Å²) in [6.45, 7) is 1.92. The minimum Gasteiger partial charge on any atom is -0.321 e. The summed E-state index contributed by atoms with van der Waals surface area (Å²) in [4.78, 5) is 16.8. The minimum atomic E-state index is -0.135. The molecule has 114 valence electrons. The number of rotatable bonds is 3. The molecule has 3 rings (SSSR count). The first-order valence-corrected chi connectivity index (χ1v) is 7.61. The van der Waals surface area contributed by atoms with Gasteiger partial charge in [-0.2, -0.15) is 0 Å². The summed E-state index contributed by atoms with van der Waals surface area (Å²) in [5.41, 5.74) is 3.93. The summed E-state index contributed by atoms with van der Waals surface area (Å²) in [6.07, 6.45) is 1.59. The molecule has 0 spiro atoms. The Balaban J connectivity index is 1.94. The zero-order valence-corrected chi connectivity index (χ0v) is 13.3. The van der Waals surface area contributed by atoms with E-state index in [1.165, 1.54) is 0 Å². The van der Waals surface area contributed by atoms with Gasteiger partial charge in [0.25, 0.3) is 5.91 Å². The number of carbonyl (C=O) groups is 1. The molecule has 2 aromatic carbocycles. The lowest BCUT2D eigenvalue weighted by atomic mass is 10.1. The van der Waals surface area contributed by atoms with Crippen molar-refractivity contribution in [2.45, 2.75) is 6.92 Å². The molecule has 0 aliphatic heterocycles. The Morgan fingerprint density at radius 1 is 1.00 bits per heavy atom. The zero-order chi connectivity index (χ0) is 16.2. The number of aryl methyl sites for hydroxylation is 1. The fourth-order valence-electron chi connectivity index (χ4n) is 2.37. The smallest absolute Gasteiger partial charge is 0.255 e. The largest absolute Gasteiger partial charge is 0.321 e. The molecule has 23 heavy (non-hydrogen) atoms. The summed E-state index contributed by atoms with van der Waals surface area (Å²) in [5.74, 6) is -0.135. The molecule has 1 heterocycles. The van der Waals surface area contributed by atoms with Crippen molar-refractivity contribution in [2.24, 2.45) is 0 Å². The monoisotopic (exact) mass is 322 g/mol. The molecule has 0 radical (unpaired) electrons. The van der Waals surface area contributed by atoms with E-state index >= 15 is 0 Å². The van der Waals surface area contributed by atoms with Gasteiger partial charge in [-0.3, -0.25) is 9.78 Å².